The van der Waals surface area contributed by atoms with Crippen molar-refractivity contribution in [2.75, 3.05) is 18.4 Å². The minimum atomic E-state index is -4.15. The third-order valence-electron chi connectivity index (χ3n) is 6.53. The fraction of sp³-hybridized carbons (Fsp3) is 0.240. The average molecular weight is 527 g/mol. The topological polar surface area (TPSA) is 123 Å². The van der Waals surface area contributed by atoms with Gasteiger partial charge in [-0.2, -0.15) is 9.61 Å². The van der Waals surface area contributed by atoms with Gasteiger partial charge in [-0.25, -0.2) is 27.3 Å². The van der Waals surface area contributed by atoms with Crippen LogP contribution in [0.1, 0.15) is 40.2 Å². The number of nitrogens with zero attached hydrogens (tertiary/aromatic N) is 4. The minimum absolute atomic E-state index is 0.0649. The Morgan fingerprint density at radius 1 is 1.08 bits per heavy atom. The highest BCUT2D eigenvalue weighted by Gasteiger charge is 2.29. The predicted molar refractivity (Wildman–Crippen MR) is 133 cm³/mol. The molecule has 0 unspecified atom stereocenters. The maximum absolute atomic E-state index is 14.6. The van der Waals surface area contributed by atoms with Gasteiger partial charge in [-0.05, 0) is 61.1 Å². The number of piperidine rings is 1. The molecule has 5 rings (SSSR count). The molecule has 3 N–H and O–H groups in total. The lowest BCUT2D eigenvalue weighted by Gasteiger charge is -2.32. The summed E-state index contributed by atoms with van der Waals surface area (Å²) in [4.78, 5) is 19.1. The van der Waals surface area contributed by atoms with Crippen molar-refractivity contribution in [2.24, 2.45) is 5.14 Å². The van der Waals surface area contributed by atoms with Gasteiger partial charge in [-0.15, -0.1) is 0 Å². The van der Waals surface area contributed by atoms with Crippen LogP contribution in [0.2, 0.25) is 0 Å². The van der Waals surface area contributed by atoms with Crippen molar-refractivity contribution in [3.8, 4) is 0 Å². The van der Waals surface area contributed by atoms with Crippen LogP contribution >= 0.6 is 0 Å². The number of nitrogens with two attached hydrogens (primary N) is 1. The molecule has 2 aromatic carbocycles. The molecule has 3 heterocycles. The van der Waals surface area contributed by atoms with Gasteiger partial charge >= 0.3 is 0 Å². The Morgan fingerprint density at radius 2 is 1.78 bits per heavy atom. The molecule has 0 radical (unpaired) electrons. The van der Waals surface area contributed by atoms with Crippen LogP contribution in [-0.2, 0) is 10.0 Å². The summed E-state index contributed by atoms with van der Waals surface area (Å²) in [5.41, 5.74) is 1.88. The lowest BCUT2D eigenvalue weighted by Crippen LogP contribution is -2.38. The van der Waals surface area contributed by atoms with Crippen LogP contribution in [0, 0.1) is 18.6 Å². The second kappa shape index (κ2) is 9.52. The summed E-state index contributed by atoms with van der Waals surface area (Å²) in [6, 6.07) is 10.8. The van der Waals surface area contributed by atoms with E-state index in [0.717, 1.165) is 21.8 Å². The molecule has 0 bridgehead atoms. The number of halogens is 2. The van der Waals surface area contributed by atoms with Crippen LogP contribution in [-0.4, -0.2) is 46.9 Å². The van der Waals surface area contributed by atoms with Crippen LogP contribution < -0.4 is 10.5 Å². The fourth-order valence-corrected chi connectivity index (χ4v) is 5.16. The maximum atomic E-state index is 14.6. The third kappa shape index (κ3) is 4.89. The van der Waals surface area contributed by atoms with Crippen LogP contribution in [0.25, 0.3) is 5.65 Å². The number of hydrogen-bond acceptors (Lipinski definition) is 6. The Labute approximate surface area is 212 Å². The Bertz CT molecular complexity index is 1600. The number of fused-ring (bicyclic) bond motifs is 1. The Hall–Kier alpha value is -3.90. The molecular formula is C25H24F2N6O3S. The first kappa shape index (κ1) is 24.8. The van der Waals surface area contributed by atoms with Crippen molar-refractivity contribution in [1.29, 1.82) is 0 Å². The first-order valence-electron chi connectivity index (χ1n) is 11.6. The molecule has 0 aliphatic carbocycles. The van der Waals surface area contributed by atoms with Crippen LogP contribution in [0.3, 0.4) is 0 Å². The van der Waals surface area contributed by atoms with Crippen molar-refractivity contribution in [3.63, 3.8) is 0 Å². The first-order chi connectivity index (χ1) is 17.6. The van der Waals surface area contributed by atoms with Crippen LogP contribution in [0.15, 0.2) is 59.8 Å². The zero-order valence-electron chi connectivity index (χ0n) is 19.9. The second-order valence-corrected chi connectivity index (χ2v) is 10.6. The number of hydrogen-bond donors (Lipinski definition) is 2. The Kier molecular flexibility index (Phi) is 6.38. The van der Waals surface area contributed by atoms with Crippen LogP contribution in [0.4, 0.5) is 20.3 Å². The Morgan fingerprint density at radius 3 is 2.46 bits per heavy atom. The van der Waals surface area contributed by atoms with Crippen molar-refractivity contribution in [2.45, 2.75) is 30.6 Å². The molecule has 0 saturated carbocycles. The number of anilines is 2. The van der Waals surface area contributed by atoms with Gasteiger partial charge in [-0.1, -0.05) is 18.2 Å². The largest absolute Gasteiger partial charge is 0.338 e. The van der Waals surface area contributed by atoms with Gasteiger partial charge in [0.05, 0.1) is 11.9 Å². The molecule has 0 spiro atoms. The summed E-state index contributed by atoms with van der Waals surface area (Å²) >= 11 is 0. The molecule has 4 aromatic rings. The highest BCUT2D eigenvalue weighted by molar-refractivity contribution is 7.89. The van der Waals surface area contributed by atoms with Crippen LogP contribution in [0.5, 0.6) is 0 Å². The third-order valence-corrected chi connectivity index (χ3v) is 7.43. The highest BCUT2D eigenvalue weighted by Crippen LogP contribution is 2.31. The number of carbonyl (C=O) groups is 1. The number of rotatable bonds is 5. The highest BCUT2D eigenvalue weighted by atomic mass is 32.2. The van der Waals surface area contributed by atoms with Gasteiger partial charge < -0.3 is 10.2 Å². The van der Waals surface area contributed by atoms with Gasteiger partial charge in [0.15, 0.2) is 5.65 Å². The number of benzene rings is 2. The zero-order chi connectivity index (χ0) is 26.3. The van der Waals surface area contributed by atoms with Gasteiger partial charge in [0.1, 0.15) is 27.9 Å². The van der Waals surface area contributed by atoms with E-state index >= 15 is 0 Å². The summed E-state index contributed by atoms with van der Waals surface area (Å²) in [7, 11) is -4.15. The zero-order valence-corrected chi connectivity index (χ0v) is 20.7. The summed E-state index contributed by atoms with van der Waals surface area (Å²) < 4.78 is 53.1. The fourth-order valence-electron chi connectivity index (χ4n) is 4.57. The summed E-state index contributed by atoms with van der Waals surface area (Å²) in [6.45, 7) is 2.68. The molecule has 2 aromatic heterocycles. The van der Waals surface area contributed by atoms with Gasteiger partial charge in [-0.3, -0.25) is 4.79 Å². The second-order valence-electron chi connectivity index (χ2n) is 9.04. The molecule has 1 fully saturated rings. The molecule has 0 atom stereocenters. The lowest BCUT2D eigenvalue weighted by atomic mass is 9.89. The maximum Gasteiger partial charge on any atom is 0.259 e. The first-order valence-corrected chi connectivity index (χ1v) is 13.1. The van der Waals surface area contributed by atoms with Crippen molar-refractivity contribution >= 4 is 33.1 Å². The summed E-state index contributed by atoms with van der Waals surface area (Å²) in [5, 5.41) is 12.3. The molecule has 9 nitrogen and oxygen atoms in total. The van der Waals surface area contributed by atoms with Crippen molar-refractivity contribution < 1.29 is 22.0 Å². The predicted octanol–water partition coefficient (Wildman–Crippen LogP) is 3.73. The standard InChI is InChI=1S/C25H24F2N6O3S/c1-15-2-7-20(27)21(12-15)31-23-19(13-29-24-22(37(28,35)36)14-30-33(23)24)25(34)32-10-8-17(9-11-32)16-3-5-18(26)6-4-16/h2-7,12-14,17,31H,8-11H2,1H3,(H2,28,35,36). The van der Waals surface area contributed by atoms with E-state index in [1.165, 1.54) is 24.4 Å². The van der Waals surface area contributed by atoms with E-state index < -0.39 is 15.8 Å². The van der Waals surface area contributed by atoms with Gasteiger partial charge in [0.25, 0.3) is 5.91 Å². The average Bonchev–Trinajstić information content (AvgIpc) is 3.32. The number of amides is 1. The monoisotopic (exact) mass is 526 g/mol. The van der Waals surface area contributed by atoms with Gasteiger partial charge in [0, 0.05) is 19.3 Å². The van der Waals surface area contributed by atoms with Gasteiger partial charge in [0.2, 0.25) is 10.0 Å². The molecule has 1 aliphatic rings. The number of primary sulfonamides is 1. The van der Waals surface area contributed by atoms with E-state index in [1.807, 2.05) is 0 Å². The summed E-state index contributed by atoms with van der Waals surface area (Å²) in [5.74, 6) is -0.973. The Balaban J connectivity index is 1.50. The minimum Gasteiger partial charge on any atom is -0.338 e. The van der Waals surface area contributed by atoms with Crippen molar-refractivity contribution in [3.05, 3.63) is 83.2 Å². The quantitative estimate of drug-likeness (QED) is 0.409. The number of likely N-dealkylation sites (tertiary alicyclic amines) is 1. The molecule has 1 saturated heterocycles. The normalized spacial score (nSPS) is 14.8. The lowest BCUT2D eigenvalue weighted by molar-refractivity contribution is 0.0713. The smallest absolute Gasteiger partial charge is 0.259 e. The van der Waals surface area contributed by atoms with E-state index in [2.05, 4.69) is 15.4 Å². The number of sulfonamides is 1. The van der Waals surface area contributed by atoms with E-state index in [4.69, 9.17) is 5.14 Å². The molecule has 192 valence electrons. The number of carbonyl (C=O) groups excluding carboxylic acids is 1. The van der Waals surface area contributed by atoms with E-state index in [-0.39, 0.29) is 45.3 Å². The summed E-state index contributed by atoms with van der Waals surface area (Å²) in [6.07, 6.45) is 3.65. The van der Waals surface area contributed by atoms with E-state index in [0.29, 0.717) is 25.9 Å². The number of aromatic nitrogens is 3. The molecular weight excluding hydrogens is 502 g/mol. The molecule has 1 amide bonds. The van der Waals surface area contributed by atoms with Crippen molar-refractivity contribution in [1.82, 2.24) is 19.5 Å². The number of aryl methyl sites for hydroxylation is 1. The van der Waals surface area contributed by atoms with E-state index in [1.54, 1.807) is 36.1 Å². The molecule has 12 heteroatoms. The van der Waals surface area contributed by atoms with E-state index in [9.17, 15) is 22.0 Å². The molecule has 37 heavy (non-hydrogen) atoms. The number of nitrogens with one attached hydrogen (secondary N) is 1. The molecule has 1 aliphatic heterocycles. The SMILES string of the molecule is Cc1ccc(F)c(Nc2c(C(=O)N3CCC(c4ccc(F)cc4)CC3)cnc3c(S(N)(=O)=O)cnn23)c1.